The molecular formula is C20H19ClF3N5O4. The Morgan fingerprint density at radius 2 is 2.09 bits per heavy atom. The zero-order chi connectivity index (χ0) is 24.3. The summed E-state index contributed by atoms with van der Waals surface area (Å²) in [5, 5.41) is 2.24. The van der Waals surface area contributed by atoms with Gasteiger partial charge < -0.3 is 20.7 Å². The Balaban J connectivity index is 1.75. The number of pyridine rings is 2. The summed E-state index contributed by atoms with van der Waals surface area (Å²) in [6, 6.07) is 2.38. The molecule has 3 heterocycles. The number of alkyl halides is 3. The van der Waals surface area contributed by atoms with Crippen molar-refractivity contribution < 1.29 is 32.3 Å². The van der Waals surface area contributed by atoms with Crippen LogP contribution in [0.4, 0.5) is 13.2 Å². The molecule has 0 aromatic carbocycles. The minimum atomic E-state index is -4.53. The molecule has 33 heavy (non-hydrogen) atoms. The van der Waals surface area contributed by atoms with Crippen molar-refractivity contribution in [2.24, 2.45) is 5.73 Å². The number of ether oxygens (including phenoxy) is 1. The van der Waals surface area contributed by atoms with E-state index in [0.717, 1.165) is 0 Å². The monoisotopic (exact) mass is 485 g/mol. The third kappa shape index (κ3) is 5.89. The number of carbonyl (C=O) groups excluding carboxylic acids is 3. The number of rotatable bonds is 8. The number of nitrogens with one attached hydrogen (secondary N) is 1. The fourth-order valence-corrected chi connectivity index (χ4v) is 3.51. The van der Waals surface area contributed by atoms with Crippen molar-refractivity contribution in [1.82, 2.24) is 20.2 Å². The largest absolute Gasteiger partial charge is 0.467 e. The highest BCUT2D eigenvalue weighted by Crippen LogP contribution is 2.34. The van der Waals surface area contributed by atoms with Crippen LogP contribution in [0, 0.1) is 0 Å². The molecule has 1 unspecified atom stereocenters. The van der Waals surface area contributed by atoms with Crippen LogP contribution in [0.3, 0.4) is 0 Å². The molecule has 3 amide bonds. The van der Waals surface area contributed by atoms with E-state index in [-0.39, 0.29) is 36.3 Å². The summed E-state index contributed by atoms with van der Waals surface area (Å²) < 4.78 is 41.7. The van der Waals surface area contributed by atoms with Crippen LogP contribution in [0.5, 0.6) is 5.88 Å². The second-order valence-electron chi connectivity index (χ2n) is 7.27. The van der Waals surface area contributed by atoms with Gasteiger partial charge in [-0.3, -0.25) is 19.4 Å². The van der Waals surface area contributed by atoms with Crippen molar-refractivity contribution in [2.45, 2.75) is 32.1 Å². The highest BCUT2D eigenvalue weighted by molar-refractivity contribution is 6.31. The topological polar surface area (TPSA) is 128 Å². The van der Waals surface area contributed by atoms with Crippen molar-refractivity contribution in [3.05, 3.63) is 51.9 Å². The van der Waals surface area contributed by atoms with Gasteiger partial charge in [0.05, 0.1) is 24.7 Å². The van der Waals surface area contributed by atoms with E-state index >= 15 is 0 Å². The number of primary amides is 1. The van der Waals surface area contributed by atoms with Gasteiger partial charge >= 0.3 is 6.18 Å². The lowest BCUT2D eigenvalue weighted by Gasteiger charge is -2.25. The van der Waals surface area contributed by atoms with Crippen LogP contribution in [0.15, 0.2) is 24.5 Å². The number of hydrogen-bond donors (Lipinski definition) is 2. The molecule has 0 spiro atoms. The van der Waals surface area contributed by atoms with Crippen LogP contribution in [0.1, 0.15) is 40.1 Å². The molecular weight excluding hydrogens is 467 g/mol. The van der Waals surface area contributed by atoms with Crippen molar-refractivity contribution in [3.63, 3.8) is 0 Å². The van der Waals surface area contributed by atoms with Gasteiger partial charge in [-0.15, -0.1) is 0 Å². The second kappa shape index (κ2) is 9.61. The molecule has 1 atom stereocenters. The lowest BCUT2D eigenvalue weighted by atomic mass is 10.1. The zero-order valence-corrected chi connectivity index (χ0v) is 18.0. The Morgan fingerprint density at radius 1 is 1.36 bits per heavy atom. The predicted octanol–water partition coefficient (Wildman–Crippen LogP) is 1.93. The van der Waals surface area contributed by atoms with E-state index in [1.807, 2.05) is 0 Å². The minimum absolute atomic E-state index is 0.124. The number of amides is 3. The number of halogens is 4. The Kier molecular flexibility index (Phi) is 7.06. The third-order valence-corrected chi connectivity index (χ3v) is 5.17. The Morgan fingerprint density at radius 3 is 2.73 bits per heavy atom. The van der Waals surface area contributed by atoms with E-state index < -0.39 is 30.6 Å². The van der Waals surface area contributed by atoms with Gasteiger partial charge in [-0.05, 0) is 24.6 Å². The lowest BCUT2D eigenvalue weighted by molar-refractivity contribution is -0.154. The van der Waals surface area contributed by atoms with Gasteiger partial charge in [0.15, 0.2) is 6.61 Å². The molecule has 1 aliphatic rings. The van der Waals surface area contributed by atoms with Crippen LogP contribution >= 0.6 is 11.6 Å². The molecule has 13 heteroatoms. The molecule has 0 aliphatic carbocycles. The van der Waals surface area contributed by atoms with Crippen molar-refractivity contribution in [3.8, 4) is 5.88 Å². The van der Waals surface area contributed by atoms with Gasteiger partial charge in [0.25, 0.3) is 5.91 Å². The first-order chi connectivity index (χ1) is 15.5. The highest BCUT2D eigenvalue weighted by atomic mass is 35.5. The maximum Gasteiger partial charge on any atom is 0.422 e. The normalized spacial score (nSPS) is 14.1. The van der Waals surface area contributed by atoms with Crippen LogP contribution in [0.2, 0.25) is 5.02 Å². The zero-order valence-electron chi connectivity index (χ0n) is 17.3. The smallest absolute Gasteiger partial charge is 0.422 e. The quantitative estimate of drug-likeness (QED) is 0.588. The van der Waals surface area contributed by atoms with Crippen LogP contribution in [0.25, 0.3) is 0 Å². The van der Waals surface area contributed by atoms with Gasteiger partial charge in [-0.2, -0.15) is 13.2 Å². The second-order valence-corrected chi connectivity index (χ2v) is 7.68. The first-order valence-electron chi connectivity index (χ1n) is 9.64. The molecule has 0 radical (unpaired) electrons. The number of nitrogens with two attached hydrogens (primary N) is 1. The van der Waals surface area contributed by atoms with Gasteiger partial charge in [-0.1, -0.05) is 11.6 Å². The molecule has 0 saturated carbocycles. The average Bonchev–Trinajstić information content (AvgIpc) is 3.08. The average molecular weight is 486 g/mol. The lowest BCUT2D eigenvalue weighted by Crippen LogP contribution is -2.34. The predicted molar refractivity (Wildman–Crippen MR) is 109 cm³/mol. The van der Waals surface area contributed by atoms with Gasteiger partial charge in [0.1, 0.15) is 5.02 Å². The Hall–Kier alpha value is -3.41. The summed E-state index contributed by atoms with van der Waals surface area (Å²) in [7, 11) is 0. The highest BCUT2D eigenvalue weighted by Gasteiger charge is 2.34. The van der Waals surface area contributed by atoms with Crippen molar-refractivity contribution in [2.75, 3.05) is 13.2 Å². The summed E-state index contributed by atoms with van der Waals surface area (Å²) in [6.07, 6.45) is -1.99. The summed E-state index contributed by atoms with van der Waals surface area (Å²) in [4.78, 5) is 45.4. The van der Waals surface area contributed by atoms with Crippen LogP contribution < -0.4 is 15.8 Å². The minimum Gasteiger partial charge on any atom is -0.467 e. The van der Waals surface area contributed by atoms with Crippen LogP contribution in [-0.2, 0) is 22.6 Å². The van der Waals surface area contributed by atoms with E-state index in [1.165, 1.54) is 29.4 Å². The maximum atomic E-state index is 13.0. The third-order valence-electron chi connectivity index (χ3n) is 4.90. The molecule has 9 nitrogen and oxygen atoms in total. The molecule has 176 valence electrons. The summed E-state index contributed by atoms with van der Waals surface area (Å²) in [5.41, 5.74) is 6.81. The number of nitrogens with zero attached hydrogens (tertiary/aromatic N) is 3. The first kappa shape index (κ1) is 24.2. The van der Waals surface area contributed by atoms with Gasteiger partial charge in [0.2, 0.25) is 17.7 Å². The molecule has 2 aromatic heterocycles. The van der Waals surface area contributed by atoms with Crippen molar-refractivity contribution >= 4 is 29.3 Å². The van der Waals surface area contributed by atoms with E-state index in [9.17, 15) is 27.6 Å². The molecule has 2 aromatic rings. The number of aromatic nitrogens is 2. The van der Waals surface area contributed by atoms with Crippen molar-refractivity contribution in [1.29, 1.82) is 0 Å². The number of carbonyl (C=O) groups is 3. The van der Waals surface area contributed by atoms with E-state index in [4.69, 9.17) is 17.3 Å². The first-order valence-corrected chi connectivity index (χ1v) is 10.0. The fourth-order valence-electron chi connectivity index (χ4n) is 3.28. The maximum absolute atomic E-state index is 13.0. The van der Waals surface area contributed by atoms with E-state index in [0.29, 0.717) is 22.4 Å². The Labute approximate surface area is 191 Å². The summed E-state index contributed by atoms with van der Waals surface area (Å²) in [5.74, 6) is -1.84. The van der Waals surface area contributed by atoms with Crippen LogP contribution in [-0.4, -0.2) is 51.9 Å². The molecule has 1 aliphatic heterocycles. The molecule has 0 fully saturated rings. The molecule has 0 saturated heterocycles. The molecule has 3 rings (SSSR count). The molecule has 0 bridgehead atoms. The summed E-state index contributed by atoms with van der Waals surface area (Å²) >= 11 is 6.02. The number of hydrogen-bond acceptors (Lipinski definition) is 6. The van der Waals surface area contributed by atoms with Gasteiger partial charge in [0, 0.05) is 30.1 Å². The fraction of sp³-hybridized carbons (Fsp3) is 0.350. The number of fused-ring (bicyclic) bond motifs is 1. The van der Waals surface area contributed by atoms with E-state index in [2.05, 4.69) is 20.0 Å². The molecule has 3 N–H and O–H groups in total. The standard InChI is InChI=1S/C20H19ClF3N5O4/c1-10(11-4-14(21)18(28-6-11)33-9-20(22,23)24)29-8-13-12(19(29)32)2-3-26-15(13)5-17(31)27-7-16(25)30/h2-4,6,10H,5,7-9H2,1H3,(H2,25,30)(H,27,31). The van der Waals surface area contributed by atoms with Gasteiger partial charge in [-0.25, -0.2) is 4.98 Å². The summed E-state index contributed by atoms with van der Waals surface area (Å²) in [6.45, 7) is 0.00924. The van der Waals surface area contributed by atoms with E-state index in [1.54, 1.807) is 6.92 Å². The SMILES string of the molecule is CC(c1cnc(OCC(F)(F)F)c(Cl)c1)N1Cc2c(ccnc2CC(=O)NCC(N)=O)C1=O. The Bertz CT molecular complexity index is 1100.